The summed E-state index contributed by atoms with van der Waals surface area (Å²) in [7, 11) is 2.15. The number of hydrogen-bond acceptors (Lipinski definition) is 4. The highest BCUT2D eigenvalue weighted by molar-refractivity contribution is 5.83. The van der Waals surface area contributed by atoms with E-state index in [1.807, 2.05) is 36.5 Å². The average molecular weight is 512 g/mol. The first kappa shape index (κ1) is 24.7. The Balaban J connectivity index is 1.25. The van der Waals surface area contributed by atoms with Crippen LogP contribution in [0.3, 0.4) is 0 Å². The molecule has 0 aliphatic carbocycles. The summed E-state index contributed by atoms with van der Waals surface area (Å²) in [5.41, 5.74) is 9.29. The van der Waals surface area contributed by atoms with Gasteiger partial charge in [-0.3, -0.25) is 4.98 Å². The first-order valence-electron chi connectivity index (χ1n) is 13.4. The lowest BCUT2D eigenvalue weighted by atomic mass is 9.86. The predicted molar refractivity (Wildman–Crippen MR) is 162 cm³/mol. The van der Waals surface area contributed by atoms with Crippen LogP contribution in [0.4, 0.5) is 17.1 Å². The minimum Gasteiger partial charge on any atom is -0.457 e. The van der Waals surface area contributed by atoms with Gasteiger partial charge in [-0.1, -0.05) is 75.4 Å². The van der Waals surface area contributed by atoms with Gasteiger partial charge in [-0.2, -0.15) is 0 Å². The summed E-state index contributed by atoms with van der Waals surface area (Å²) in [6.45, 7) is 7.57. The van der Waals surface area contributed by atoms with E-state index in [1.54, 1.807) is 0 Å². The lowest BCUT2D eigenvalue weighted by molar-refractivity contribution is 0.483. The molecule has 1 aliphatic rings. The van der Waals surface area contributed by atoms with Crippen LogP contribution in [-0.2, 0) is 5.41 Å². The Labute approximate surface area is 231 Å². The first-order valence-corrected chi connectivity index (χ1v) is 13.4. The minimum absolute atomic E-state index is 0.115. The molecule has 0 N–H and O–H groups in total. The molecule has 1 aliphatic heterocycles. The molecule has 0 spiro atoms. The Morgan fingerprint density at radius 2 is 1.41 bits per heavy atom. The van der Waals surface area contributed by atoms with Crippen molar-refractivity contribution in [2.45, 2.75) is 26.2 Å². The zero-order chi connectivity index (χ0) is 27.0. The highest BCUT2D eigenvalue weighted by Gasteiger charge is 2.27. The summed E-state index contributed by atoms with van der Waals surface area (Å²) >= 11 is 0. The van der Waals surface area contributed by atoms with E-state index in [0.717, 1.165) is 40.7 Å². The molecule has 0 radical (unpaired) electrons. The maximum Gasteiger partial charge on any atom is 0.129 e. The van der Waals surface area contributed by atoms with Crippen LogP contribution >= 0.6 is 0 Å². The van der Waals surface area contributed by atoms with E-state index in [4.69, 9.17) is 4.74 Å². The number of nitrogens with zero attached hydrogens (tertiary/aromatic N) is 3. The molecule has 4 heteroatoms. The van der Waals surface area contributed by atoms with Gasteiger partial charge in [0.15, 0.2) is 0 Å². The van der Waals surface area contributed by atoms with Crippen molar-refractivity contribution in [3.63, 3.8) is 0 Å². The van der Waals surface area contributed by atoms with Gasteiger partial charge in [-0.05, 0) is 70.6 Å². The minimum atomic E-state index is 0.115. The lowest BCUT2D eigenvalue weighted by Crippen LogP contribution is -2.23. The fraction of sp³-hybridized carbons (Fsp3) is 0.171. The second-order valence-corrected chi connectivity index (χ2v) is 11.1. The van der Waals surface area contributed by atoms with Gasteiger partial charge in [0.05, 0.1) is 23.7 Å². The summed E-state index contributed by atoms with van der Waals surface area (Å²) in [5.74, 6) is 1.59. The van der Waals surface area contributed by atoms with E-state index in [1.165, 1.54) is 22.5 Å². The van der Waals surface area contributed by atoms with E-state index in [2.05, 4.69) is 121 Å². The Morgan fingerprint density at radius 3 is 2.21 bits per heavy atom. The third kappa shape index (κ3) is 5.10. The molecule has 0 amide bonds. The number of fused-ring (bicyclic) bond motifs is 1. The van der Waals surface area contributed by atoms with Gasteiger partial charge in [0.25, 0.3) is 0 Å². The SMILES string of the molecule is CN1CN(c2cccc(Oc3cccc(-c4cc(-c5ccccc5)ccn4)c3)c2)c2ccc(C(C)(C)C)cc21. The van der Waals surface area contributed by atoms with Gasteiger partial charge in [-0.15, -0.1) is 0 Å². The fourth-order valence-corrected chi connectivity index (χ4v) is 5.08. The van der Waals surface area contributed by atoms with Gasteiger partial charge in [0.2, 0.25) is 0 Å². The molecule has 0 unspecified atom stereocenters. The average Bonchev–Trinajstić information content (AvgIpc) is 3.29. The number of aromatic nitrogens is 1. The summed E-state index contributed by atoms with van der Waals surface area (Å²) in [6.07, 6.45) is 1.87. The van der Waals surface area contributed by atoms with Crippen LogP contribution in [0.2, 0.25) is 0 Å². The normalized spacial score (nSPS) is 12.9. The molecule has 4 aromatic carbocycles. The Bertz CT molecular complexity index is 1620. The third-order valence-corrected chi connectivity index (χ3v) is 7.26. The molecule has 0 bridgehead atoms. The van der Waals surface area contributed by atoms with E-state index >= 15 is 0 Å². The van der Waals surface area contributed by atoms with E-state index in [9.17, 15) is 0 Å². The molecule has 0 atom stereocenters. The number of hydrogen-bond donors (Lipinski definition) is 0. The quantitative estimate of drug-likeness (QED) is 0.235. The van der Waals surface area contributed by atoms with Crippen molar-refractivity contribution < 1.29 is 4.74 Å². The van der Waals surface area contributed by atoms with Crippen LogP contribution in [0.5, 0.6) is 11.5 Å². The molecule has 0 fully saturated rings. The van der Waals surface area contributed by atoms with E-state index in [-0.39, 0.29) is 5.41 Å². The topological polar surface area (TPSA) is 28.6 Å². The van der Waals surface area contributed by atoms with Gasteiger partial charge >= 0.3 is 0 Å². The lowest BCUT2D eigenvalue weighted by Gasteiger charge is -2.22. The second-order valence-electron chi connectivity index (χ2n) is 11.1. The maximum absolute atomic E-state index is 6.37. The second kappa shape index (κ2) is 9.95. The summed E-state index contributed by atoms with van der Waals surface area (Å²) in [5, 5.41) is 0. The first-order chi connectivity index (χ1) is 18.8. The zero-order valence-corrected chi connectivity index (χ0v) is 22.9. The summed E-state index contributed by atoms with van der Waals surface area (Å²) in [4.78, 5) is 9.27. The van der Waals surface area contributed by atoms with Gasteiger partial charge in [0, 0.05) is 30.6 Å². The Kier molecular flexibility index (Phi) is 6.32. The highest BCUT2D eigenvalue weighted by atomic mass is 16.5. The molecule has 6 rings (SSSR count). The van der Waals surface area contributed by atoms with Crippen LogP contribution in [0.15, 0.2) is 115 Å². The van der Waals surface area contributed by atoms with Crippen molar-refractivity contribution >= 4 is 17.1 Å². The molecule has 39 heavy (non-hydrogen) atoms. The molecule has 0 saturated carbocycles. The van der Waals surface area contributed by atoms with Crippen molar-refractivity contribution in [1.82, 2.24) is 4.98 Å². The summed E-state index contributed by atoms with van der Waals surface area (Å²) < 4.78 is 6.37. The van der Waals surface area contributed by atoms with Gasteiger partial charge < -0.3 is 14.5 Å². The number of pyridine rings is 1. The van der Waals surface area contributed by atoms with Crippen molar-refractivity contribution in [2.75, 3.05) is 23.5 Å². The molecule has 0 saturated heterocycles. The largest absolute Gasteiger partial charge is 0.457 e. The van der Waals surface area contributed by atoms with Gasteiger partial charge in [-0.25, -0.2) is 0 Å². The van der Waals surface area contributed by atoms with Gasteiger partial charge in [0.1, 0.15) is 11.5 Å². The van der Waals surface area contributed by atoms with Crippen molar-refractivity contribution in [2.24, 2.45) is 0 Å². The number of ether oxygens (including phenoxy) is 1. The molecule has 2 heterocycles. The molecule has 4 nitrogen and oxygen atoms in total. The van der Waals surface area contributed by atoms with E-state index < -0.39 is 0 Å². The van der Waals surface area contributed by atoms with Crippen LogP contribution in [0.25, 0.3) is 22.4 Å². The monoisotopic (exact) mass is 511 g/mol. The zero-order valence-electron chi connectivity index (χ0n) is 22.9. The predicted octanol–water partition coefficient (Wildman–Crippen LogP) is 9.05. The third-order valence-electron chi connectivity index (χ3n) is 7.26. The summed E-state index contributed by atoms with van der Waals surface area (Å²) in [6, 6.07) is 37.8. The van der Waals surface area contributed by atoms with Crippen LogP contribution in [0.1, 0.15) is 26.3 Å². The number of benzene rings is 4. The van der Waals surface area contributed by atoms with E-state index in [0.29, 0.717) is 0 Å². The molecular weight excluding hydrogens is 478 g/mol. The fourth-order valence-electron chi connectivity index (χ4n) is 5.08. The van der Waals surface area contributed by atoms with Crippen molar-refractivity contribution in [1.29, 1.82) is 0 Å². The highest BCUT2D eigenvalue weighted by Crippen LogP contribution is 2.43. The number of rotatable bonds is 5. The van der Waals surface area contributed by atoms with Crippen LogP contribution in [0, 0.1) is 0 Å². The smallest absolute Gasteiger partial charge is 0.129 e. The Morgan fingerprint density at radius 1 is 0.667 bits per heavy atom. The Hall–Kier alpha value is -4.57. The molecule has 5 aromatic rings. The number of anilines is 3. The standard InChI is InChI=1S/C35H33N3O/c1-35(2,3)28-16-17-33-34(22-28)37(4)24-38(33)29-13-9-15-31(23-29)39-30-14-8-12-27(20-30)32-21-26(18-19-36-32)25-10-6-5-7-11-25/h5-23H,24H2,1-4H3. The van der Waals surface area contributed by atoms with Crippen molar-refractivity contribution in [3.8, 4) is 33.9 Å². The van der Waals surface area contributed by atoms with Crippen molar-refractivity contribution in [3.05, 3.63) is 121 Å². The van der Waals surface area contributed by atoms with Crippen LogP contribution in [-0.4, -0.2) is 18.7 Å². The maximum atomic E-state index is 6.37. The molecular formula is C35H33N3O. The van der Waals surface area contributed by atoms with Crippen LogP contribution < -0.4 is 14.5 Å². The molecule has 1 aromatic heterocycles. The molecule has 194 valence electrons.